The second kappa shape index (κ2) is 8.41. The number of phosphoric acid groups is 3. The lowest BCUT2D eigenvalue weighted by molar-refractivity contribution is -0.00646. The standard InChI is InChI=1S/C8H14N3O12P3S/c9-5-1-2-11(8(12)10-5)6-4-27-7(21-6)3-20-25(16,17)23-26(18,19)22-24(13,14)15/h1-2,6-7H,3-4H2,(H,16,17)(H,18,19)(H2,9,10,12)(H2,13,14,15)/t6-,7?/m0/s1. The van der Waals surface area contributed by atoms with E-state index < -0.39 is 47.4 Å². The van der Waals surface area contributed by atoms with Gasteiger partial charge < -0.3 is 30.0 Å². The van der Waals surface area contributed by atoms with E-state index in [2.05, 4.69) is 18.1 Å². The molecule has 1 aliphatic heterocycles. The number of aromatic nitrogens is 2. The zero-order chi connectivity index (χ0) is 20.5. The molecule has 1 fully saturated rings. The third-order valence-electron chi connectivity index (χ3n) is 2.69. The maximum atomic E-state index is 11.7. The molecule has 1 saturated heterocycles. The Bertz CT molecular complexity index is 887. The number of hydrogen-bond acceptors (Lipinski definition) is 11. The van der Waals surface area contributed by atoms with Gasteiger partial charge in [-0.3, -0.25) is 9.09 Å². The summed E-state index contributed by atoms with van der Waals surface area (Å²) in [6.07, 6.45) is 0.575. The van der Waals surface area contributed by atoms with Gasteiger partial charge in [-0.25, -0.2) is 18.5 Å². The number of nitrogen functional groups attached to an aromatic ring is 1. The molecule has 0 aliphatic carbocycles. The normalized spacial score (nSPS) is 25.0. The molecule has 6 N–H and O–H groups in total. The summed E-state index contributed by atoms with van der Waals surface area (Å²) in [7, 11) is -16.3. The Kier molecular flexibility index (Phi) is 7.07. The lowest BCUT2D eigenvalue weighted by Crippen LogP contribution is -2.28. The van der Waals surface area contributed by atoms with Crippen LogP contribution < -0.4 is 11.4 Å². The van der Waals surface area contributed by atoms with Gasteiger partial charge in [0.1, 0.15) is 17.5 Å². The molecule has 15 nitrogen and oxygen atoms in total. The molecule has 1 aromatic rings. The van der Waals surface area contributed by atoms with Gasteiger partial charge in [0, 0.05) is 11.9 Å². The van der Waals surface area contributed by atoms with Crippen molar-refractivity contribution in [3.8, 4) is 0 Å². The lowest BCUT2D eigenvalue weighted by atomic mass is 10.5. The van der Waals surface area contributed by atoms with Crippen molar-refractivity contribution in [3.63, 3.8) is 0 Å². The van der Waals surface area contributed by atoms with Crippen molar-refractivity contribution in [1.82, 2.24) is 9.55 Å². The smallest absolute Gasteiger partial charge is 0.383 e. The summed E-state index contributed by atoms with van der Waals surface area (Å²) in [6.45, 7) is -0.623. The third kappa shape index (κ3) is 7.38. The van der Waals surface area contributed by atoms with E-state index in [1.807, 2.05) is 0 Å². The highest BCUT2D eigenvalue weighted by atomic mass is 32.2. The largest absolute Gasteiger partial charge is 0.490 e. The summed E-state index contributed by atoms with van der Waals surface area (Å²) in [4.78, 5) is 50.5. The monoisotopic (exact) mass is 469 g/mol. The predicted octanol–water partition coefficient (Wildman–Crippen LogP) is -0.243. The Morgan fingerprint density at radius 2 is 1.93 bits per heavy atom. The molecule has 19 heteroatoms. The Hall–Kier alpha value is -0.600. The molecule has 2 heterocycles. The second-order valence-electron chi connectivity index (χ2n) is 4.78. The molecule has 27 heavy (non-hydrogen) atoms. The van der Waals surface area contributed by atoms with E-state index in [-0.39, 0.29) is 11.6 Å². The average molecular weight is 469 g/mol. The second-order valence-corrected chi connectivity index (χ2v) is 10.4. The number of nitrogens with two attached hydrogens (primary N) is 1. The molecule has 0 spiro atoms. The highest BCUT2D eigenvalue weighted by Crippen LogP contribution is 2.66. The Labute approximate surface area is 154 Å². The van der Waals surface area contributed by atoms with Crippen LogP contribution in [0, 0.1) is 0 Å². The first-order valence-corrected chi connectivity index (χ1v) is 12.2. The first kappa shape index (κ1) is 22.7. The molecular formula is C8H14N3O12P3S. The van der Waals surface area contributed by atoms with Crippen LogP contribution in [0.1, 0.15) is 6.23 Å². The predicted molar refractivity (Wildman–Crippen MR) is 89.1 cm³/mol. The van der Waals surface area contributed by atoms with Crippen molar-refractivity contribution in [2.75, 3.05) is 18.1 Å². The molecule has 0 aromatic carbocycles. The van der Waals surface area contributed by atoms with E-state index in [0.29, 0.717) is 0 Å². The third-order valence-corrected chi connectivity index (χ3v) is 7.58. The van der Waals surface area contributed by atoms with Gasteiger partial charge >= 0.3 is 29.2 Å². The minimum absolute atomic E-state index is 0.0195. The lowest BCUT2D eigenvalue weighted by Gasteiger charge is -2.18. The van der Waals surface area contributed by atoms with Crippen molar-refractivity contribution in [2.45, 2.75) is 11.7 Å². The molecule has 1 aliphatic rings. The van der Waals surface area contributed by atoms with Gasteiger partial charge in [0.2, 0.25) is 0 Å². The molecule has 3 unspecified atom stereocenters. The fraction of sp³-hybridized carbons (Fsp3) is 0.500. The summed E-state index contributed by atoms with van der Waals surface area (Å²) in [6, 6.07) is 1.37. The van der Waals surface area contributed by atoms with Crippen LogP contribution in [0.2, 0.25) is 0 Å². The minimum atomic E-state index is -5.58. The van der Waals surface area contributed by atoms with Crippen LogP contribution in [0.3, 0.4) is 0 Å². The van der Waals surface area contributed by atoms with Crippen LogP contribution in [0.15, 0.2) is 17.1 Å². The van der Waals surface area contributed by atoms with E-state index in [1.165, 1.54) is 12.3 Å². The zero-order valence-electron chi connectivity index (χ0n) is 13.0. The van der Waals surface area contributed by atoms with Gasteiger partial charge in [-0.1, -0.05) is 0 Å². The van der Waals surface area contributed by atoms with Crippen LogP contribution >= 0.6 is 35.2 Å². The van der Waals surface area contributed by atoms with Crippen molar-refractivity contribution >= 4 is 41.0 Å². The van der Waals surface area contributed by atoms with Gasteiger partial charge in [-0.2, -0.15) is 13.6 Å². The molecule has 0 saturated carbocycles. The Morgan fingerprint density at radius 3 is 2.52 bits per heavy atom. The van der Waals surface area contributed by atoms with E-state index in [4.69, 9.17) is 25.2 Å². The molecule has 154 valence electrons. The Balaban J connectivity index is 1.91. The summed E-state index contributed by atoms with van der Waals surface area (Å²) in [5.74, 6) is 0.266. The molecule has 0 amide bonds. The van der Waals surface area contributed by atoms with Crippen molar-refractivity contribution in [2.24, 2.45) is 0 Å². The molecule has 2 rings (SSSR count). The highest BCUT2D eigenvalue weighted by Gasteiger charge is 2.41. The quantitative estimate of drug-likeness (QED) is 0.309. The zero-order valence-corrected chi connectivity index (χ0v) is 16.5. The van der Waals surface area contributed by atoms with E-state index >= 15 is 0 Å². The summed E-state index contributed by atoms with van der Waals surface area (Å²) < 4.78 is 51.5. The highest BCUT2D eigenvalue weighted by molar-refractivity contribution is 8.00. The summed E-state index contributed by atoms with van der Waals surface area (Å²) in [5, 5.41) is 0. The van der Waals surface area contributed by atoms with Crippen LogP contribution in [0.5, 0.6) is 0 Å². The van der Waals surface area contributed by atoms with Gasteiger partial charge in [0.25, 0.3) is 0 Å². The van der Waals surface area contributed by atoms with E-state index in [1.54, 1.807) is 0 Å². The number of anilines is 1. The SMILES string of the molecule is Nc1ccn([C@@H]2CSC(COP(=O)(O)OP(=O)(O)OP(=O)(O)O)O2)c(=O)n1. The first-order chi connectivity index (χ1) is 12.3. The summed E-state index contributed by atoms with van der Waals surface area (Å²) in [5.41, 5.74) is 3.83. The fourth-order valence-corrected chi connectivity index (χ4v) is 5.89. The first-order valence-electron chi connectivity index (χ1n) is 6.66. The van der Waals surface area contributed by atoms with Crippen molar-refractivity contribution < 1.29 is 51.2 Å². The van der Waals surface area contributed by atoms with Crippen molar-refractivity contribution in [3.05, 3.63) is 22.7 Å². The number of hydrogen-bond donors (Lipinski definition) is 5. The van der Waals surface area contributed by atoms with Crippen LogP contribution in [-0.2, 0) is 31.6 Å². The maximum Gasteiger partial charge on any atom is 0.490 e. The molecule has 1 aromatic heterocycles. The number of ether oxygens (including phenoxy) is 1. The molecule has 4 atom stereocenters. The molecule has 0 bridgehead atoms. The fourth-order valence-electron chi connectivity index (χ4n) is 1.78. The number of phosphoric ester groups is 1. The van der Waals surface area contributed by atoms with Crippen molar-refractivity contribution in [1.29, 1.82) is 0 Å². The average Bonchev–Trinajstić information content (AvgIpc) is 2.90. The molecule has 0 radical (unpaired) electrons. The number of nitrogens with zero attached hydrogens (tertiary/aromatic N) is 2. The topological polar surface area (TPSA) is 230 Å². The van der Waals surface area contributed by atoms with E-state index in [9.17, 15) is 23.4 Å². The van der Waals surface area contributed by atoms with Gasteiger partial charge in [-0.05, 0) is 6.07 Å². The van der Waals surface area contributed by atoms with Gasteiger partial charge in [-0.15, -0.1) is 11.8 Å². The van der Waals surface area contributed by atoms with Gasteiger partial charge in [0.15, 0.2) is 0 Å². The summed E-state index contributed by atoms with van der Waals surface area (Å²) >= 11 is 1.09. The Morgan fingerprint density at radius 1 is 1.26 bits per heavy atom. The number of rotatable bonds is 8. The van der Waals surface area contributed by atoms with Crippen LogP contribution in [0.4, 0.5) is 5.82 Å². The maximum absolute atomic E-state index is 11.7. The van der Waals surface area contributed by atoms with Gasteiger partial charge in [0.05, 0.1) is 6.61 Å². The minimum Gasteiger partial charge on any atom is -0.383 e. The van der Waals surface area contributed by atoms with Crippen LogP contribution in [-0.4, -0.2) is 46.9 Å². The molecular weight excluding hydrogens is 455 g/mol. The van der Waals surface area contributed by atoms with Crippen LogP contribution in [0.25, 0.3) is 0 Å². The van der Waals surface area contributed by atoms with E-state index in [0.717, 1.165) is 16.3 Å². The number of thioether (sulfide) groups is 1.